The second-order valence-electron chi connectivity index (χ2n) is 5.48. The summed E-state index contributed by atoms with van der Waals surface area (Å²) >= 11 is 0. The zero-order valence-electron chi connectivity index (χ0n) is 14.5. The fourth-order valence-corrected chi connectivity index (χ4v) is 1.76. The van der Waals surface area contributed by atoms with Gasteiger partial charge in [0.05, 0.1) is 13.1 Å². The van der Waals surface area contributed by atoms with Crippen LogP contribution in [-0.2, 0) is 9.59 Å². The molecule has 0 aromatic rings. The van der Waals surface area contributed by atoms with Crippen molar-refractivity contribution in [3.63, 3.8) is 0 Å². The third-order valence-corrected chi connectivity index (χ3v) is 2.91. The van der Waals surface area contributed by atoms with Gasteiger partial charge in [-0.2, -0.15) is 0 Å². The number of halogens is 2. The topological polar surface area (TPSA) is 40.6 Å². The molecule has 0 radical (unpaired) electrons. The number of alkyl halides is 1. The highest BCUT2D eigenvalue weighted by molar-refractivity contribution is 5.91. The van der Waals surface area contributed by atoms with Gasteiger partial charge in [-0.25, -0.2) is 8.78 Å². The van der Waals surface area contributed by atoms with Gasteiger partial charge in [-0.3, -0.25) is 9.59 Å². The summed E-state index contributed by atoms with van der Waals surface area (Å²) in [6.07, 6.45) is 15.3. The molecule has 0 fully saturated rings. The lowest BCUT2D eigenvalue weighted by Gasteiger charge is -2.25. The molecule has 0 heterocycles. The zero-order chi connectivity index (χ0) is 19.5. The van der Waals surface area contributed by atoms with E-state index in [1.807, 2.05) is 0 Å². The van der Waals surface area contributed by atoms with Crippen molar-refractivity contribution in [1.82, 2.24) is 9.80 Å². The molecule has 0 aliphatic rings. The average Bonchev–Trinajstić information content (AvgIpc) is 2.55. The predicted molar refractivity (Wildman–Crippen MR) is 94.5 cm³/mol. The minimum atomic E-state index is -2.03. The molecule has 0 bridgehead atoms. The third-order valence-electron chi connectivity index (χ3n) is 2.91. The Morgan fingerprint density at radius 1 is 1.16 bits per heavy atom. The molecule has 4 nitrogen and oxygen atoms in total. The molecule has 0 saturated carbocycles. The number of carbonyl (C=O) groups is 2. The van der Waals surface area contributed by atoms with Crippen LogP contribution in [0, 0.1) is 24.7 Å². The molecule has 0 atom stereocenters. The van der Waals surface area contributed by atoms with Gasteiger partial charge in [-0.1, -0.05) is 30.1 Å². The molecule has 0 N–H and O–H groups in total. The first-order chi connectivity index (χ1) is 11.7. The first-order valence-electron chi connectivity index (χ1n) is 7.46. The van der Waals surface area contributed by atoms with Crippen LogP contribution in [0.5, 0.6) is 0 Å². The molecule has 0 aromatic carbocycles. The summed E-state index contributed by atoms with van der Waals surface area (Å²) in [6, 6.07) is 0. The van der Waals surface area contributed by atoms with Gasteiger partial charge in [0.15, 0.2) is 11.5 Å². The van der Waals surface area contributed by atoms with Crippen molar-refractivity contribution >= 4 is 11.8 Å². The minimum Gasteiger partial charge on any atom is -0.333 e. The number of hydrogen-bond donors (Lipinski definition) is 0. The minimum absolute atomic E-state index is 0.0363. The van der Waals surface area contributed by atoms with Crippen LogP contribution in [-0.4, -0.2) is 53.5 Å². The average molecular weight is 348 g/mol. The normalized spacial score (nSPS) is 11.5. The molecule has 134 valence electrons. The van der Waals surface area contributed by atoms with E-state index >= 15 is 0 Å². The van der Waals surface area contributed by atoms with Crippen molar-refractivity contribution in [3.05, 3.63) is 36.7 Å². The fourth-order valence-electron chi connectivity index (χ4n) is 1.76. The number of allylic oxidation sites excluding steroid dienone is 2. The van der Waals surface area contributed by atoms with Gasteiger partial charge >= 0.3 is 0 Å². The summed E-state index contributed by atoms with van der Waals surface area (Å²) in [5.74, 6) is 1.75. The van der Waals surface area contributed by atoms with Crippen LogP contribution in [0.15, 0.2) is 36.7 Å². The number of nitrogens with zero attached hydrogens (tertiary/aromatic N) is 2. The van der Waals surface area contributed by atoms with E-state index in [9.17, 15) is 18.4 Å². The summed E-state index contributed by atoms with van der Waals surface area (Å²) in [4.78, 5) is 25.9. The Hall–Kier alpha value is -2.86. The standard InChI is InChI=1S/C19H22F2N2O2/c1-6-12-22(13-7-2)17(24)16(20)11-9-10-15-23(14-8-3)18(25)19(4,5)21/h1-2,8-11H,3,12-15H2,4-5H3/b10-9+,16-11-. The Kier molecular flexibility index (Phi) is 9.59. The molecule has 2 amide bonds. The summed E-state index contributed by atoms with van der Waals surface area (Å²) < 4.78 is 27.6. The van der Waals surface area contributed by atoms with E-state index in [0.717, 1.165) is 24.8 Å². The maximum atomic E-state index is 13.8. The summed E-state index contributed by atoms with van der Waals surface area (Å²) in [6.45, 7) is 5.76. The van der Waals surface area contributed by atoms with E-state index < -0.39 is 23.3 Å². The lowest BCUT2D eigenvalue weighted by atomic mass is 10.1. The molecule has 25 heavy (non-hydrogen) atoms. The van der Waals surface area contributed by atoms with E-state index in [-0.39, 0.29) is 26.2 Å². The highest BCUT2D eigenvalue weighted by Gasteiger charge is 2.30. The van der Waals surface area contributed by atoms with Crippen LogP contribution in [0.25, 0.3) is 0 Å². The van der Waals surface area contributed by atoms with Crippen LogP contribution in [0.1, 0.15) is 13.8 Å². The Balaban J connectivity index is 4.95. The van der Waals surface area contributed by atoms with E-state index in [1.54, 1.807) is 0 Å². The van der Waals surface area contributed by atoms with Crippen molar-refractivity contribution in [2.45, 2.75) is 19.5 Å². The van der Waals surface area contributed by atoms with Crippen molar-refractivity contribution in [3.8, 4) is 24.7 Å². The maximum absolute atomic E-state index is 13.8. The molecule has 0 spiro atoms. The molecule has 0 unspecified atom stereocenters. The third kappa shape index (κ3) is 7.99. The molecular weight excluding hydrogens is 326 g/mol. The quantitative estimate of drug-likeness (QED) is 0.278. The van der Waals surface area contributed by atoms with E-state index in [4.69, 9.17) is 12.8 Å². The molecule has 0 rings (SSSR count). The molecule has 0 aromatic heterocycles. The second kappa shape index (κ2) is 10.8. The Labute approximate surface area is 147 Å². The van der Waals surface area contributed by atoms with Crippen LogP contribution in [0.3, 0.4) is 0 Å². The largest absolute Gasteiger partial charge is 0.333 e. The van der Waals surface area contributed by atoms with Gasteiger partial charge in [0.25, 0.3) is 11.8 Å². The Morgan fingerprint density at radius 3 is 2.16 bits per heavy atom. The molecule has 0 aliphatic carbocycles. The van der Waals surface area contributed by atoms with Crippen molar-refractivity contribution in [2.24, 2.45) is 0 Å². The highest BCUT2D eigenvalue weighted by Crippen LogP contribution is 2.13. The van der Waals surface area contributed by atoms with Gasteiger partial charge in [0.2, 0.25) is 0 Å². The van der Waals surface area contributed by atoms with Gasteiger partial charge in [-0.05, 0) is 19.9 Å². The summed E-state index contributed by atoms with van der Waals surface area (Å²) in [5.41, 5.74) is -2.03. The smallest absolute Gasteiger partial charge is 0.284 e. The number of hydrogen-bond acceptors (Lipinski definition) is 2. The van der Waals surface area contributed by atoms with Crippen LogP contribution >= 0.6 is 0 Å². The van der Waals surface area contributed by atoms with Crippen molar-refractivity contribution in [1.29, 1.82) is 0 Å². The maximum Gasteiger partial charge on any atom is 0.284 e. The Bertz CT molecular complexity index is 615. The monoisotopic (exact) mass is 348 g/mol. The van der Waals surface area contributed by atoms with Gasteiger partial charge in [0, 0.05) is 13.1 Å². The lowest BCUT2D eigenvalue weighted by Crippen LogP contribution is -2.42. The Morgan fingerprint density at radius 2 is 1.72 bits per heavy atom. The number of rotatable bonds is 9. The van der Waals surface area contributed by atoms with Crippen LogP contribution < -0.4 is 0 Å². The molecule has 0 saturated heterocycles. The van der Waals surface area contributed by atoms with Gasteiger partial charge in [0.1, 0.15) is 0 Å². The number of amides is 2. The summed E-state index contributed by atoms with van der Waals surface area (Å²) in [7, 11) is 0. The van der Waals surface area contributed by atoms with Crippen molar-refractivity contribution in [2.75, 3.05) is 26.2 Å². The molecular formula is C19H22F2N2O2. The van der Waals surface area contributed by atoms with E-state index in [0.29, 0.717) is 0 Å². The van der Waals surface area contributed by atoms with Gasteiger partial charge in [-0.15, -0.1) is 19.4 Å². The van der Waals surface area contributed by atoms with Crippen LogP contribution in [0.2, 0.25) is 0 Å². The fraction of sp³-hybridized carbons (Fsp3) is 0.368. The molecule has 0 aliphatic heterocycles. The summed E-state index contributed by atoms with van der Waals surface area (Å²) in [5, 5.41) is 0. The van der Waals surface area contributed by atoms with E-state index in [2.05, 4.69) is 18.4 Å². The first-order valence-corrected chi connectivity index (χ1v) is 7.46. The zero-order valence-corrected chi connectivity index (χ0v) is 14.5. The highest BCUT2D eigenvalue weighted by atomic mass is 19.1. The first kappa shape index (κ1) is 22.1. The number of carbonyl (C=O) groups excluding carboxylic acids is 2. The number of terminal acetylenes is 2. The van der Waals surface area contributed by atoms with Crippen molar-refractivity contribution < 1.29 is 18.4 Å². The molecule has 6 heteroatoms. The second-order valence-corrected chi connectivity index (χ2v) is 5.48. The van der Waals surface area contributed by atoms with Crippen LogP contribution in [0.4, 0.5) is 8.78 Å². The van der Waals surface area contributed by atoms with E-state index in [1.165, 1.54) is 23.1 Å². The predicted octanol–water partition coefficient (Wildman–Crippen LogP) is 2.25. The van der Waals surface area contributed by atoms with Gasteiger partial charge < -0.3 is 9.80 Å². The lowest BCUT2D eigenvalue weighted by molar-refractivity contribution is -0.140. The SMILES string of the molecule is C#CCN(CC#C)C(=O)/C(F)=C/C=C/CN(CC=C)C(=O)C(C)(C)F.